The van der Waals surface area contributed by atoms with E-state index in [0.29, 0.717) is 12.4 Å². The maximum Gasteiger partial charge on any atom is 0.320 e. The van der Waals surface area contributed by atoms with Gasteiger partial charge in [0.2, 0.25) is 0 Å². The molecule has 1 aromatic heterocycles. The van der Waals surface area contributed by atoms with E-state index in [0.717, 1.165) is 37.1 Å². The van der Waals surface area contributed by atoms with Crippen LogP contribution >= 0.6 is 0 Å². The van der Waals surface area contributed by atoms with Gasteiger partial charge in [-0.25, -0.2) is 4.79 Å². The van der Waals surface area contributed by atoms with Crippen molar-refractivity contribution in [3.63, 3.8) is 0 Å². The number of hydrogen-bond acceptors (Lipinski definition) is 4. The maximum absolute atomic E-state index is 12.3. The second-order valence-electron chi connectivity index (χ2n) is 6.65. The third kappa shape index (κ3) is 4.42. The van der Waals surface area contributed by atoms with Gasteiger partial charge in [-0.15, -0.1) is 0 Å². The van der Waals surface area contributed by atoms with Gasteiger partial charge in [0.15, 0.2) is 0 Å². The molecule has 7 heteroatoms. The molecule has 3 N–H and O–H groups in total. The van der Waals surface area contributed by atoms with Gasteiger partial charge in [-0.2, -0.15) is 5.10 Å². The van der Waals surface area contributed by atoms with Crippen molar-refractivity contribution >= 4 is 11.8 Å². The first-order valence-corrected chi connectivity index (χ1v) is 9.16. The van der Waals surface area contributed by atoms with E-state index in [9.17, 15) is 9.90 Å². The number of carbonyl (C=O) groups excluding carboxylic acids is 1. The highest BCUT2D eigenvalue weighted by Gasteiger charge is 2.21. The van der Waals surface area contributed by atoms with Crippen molar-refractivity contribution in [2.24, 2.45) is 7.05 Å². The van der Waals surface area contributed by atoms with Crippen molar-refractivity contribution < 1.29 is 9.90 Å². The highest BCUT2D eigenvalue weighted by Crippen LogP contribution is 2.26. The average molecular weight is 357 g/mol. The molecule has 0 radical (unpaired) electrons. The number of urea groups is 1. The molecular weight excluding hydrogens is 330 g/mol. The van der Waals surface area contributed by atoms with Crippen LogP contribution in [0, 0.1) is 0 Å². The number of benzene rings is 1. The van der Waals surface area contributed by atoms with Gasteiger partial charge < -0.3 is 10.4 Å². The number of nitrogens with zero attached hydrogens (tertiary/aromatic N) is 3. The molecule has 1 aromatic carbocycles. The topological polar surface area (TPSA) is 82.4 Å². The van der Waals surface area contributed by atoms with E-state index >= 15 is 0 Å². The van der Waals surface area contributed by atoms with Gasteiger partial charge in [0.25, 0.3) is 0 Å². The predicted octanol–water partition coefficient (Wildman–Crippen LogP) is 2.06. The Morgan fingerprint density at radius 1 is 1.31 bits per heavy atom. The minimum atomic E-state index is -0.247. The maximum atomic E-state index is 12.3. The Labute approximate surface area is 154 Å². The molecule has 1 fully saturated rings. The van der Waals surface area contributed by atoms with Crippen molar-refractivity contribution in [3.05, 3.63) is 36.5 Å². The van der Waals surface area contributed by atoms with E-state index in [1.807, 2.05) is 37.4 Å². The zero-order chi connectivity index (χ0) is 18.4. The zero-order valence-electron chi connectivity index (χ0n) is 15.2. The number of hydrogen-bond donors (Lipinski definition) is 3. The van der Waals surface area contributed by atoms with E-state index in [4.69, 9.17) is 0 Å². The van der Waals surface area contributed by atoms with Crippen LogP contribution in [0.3, 0.4) is 0 Å². The van der Waals surface area contributed by atoms with Crippen molar-refractivity contribution in [2.75, 3.05) is 31.6 Å². The van der Waals surface area contributed by atoms with Crippen molar-refractivity contribution in [2.45, 2.75) is 25.3 Å². The number of aliphatic hydroxyl groups is 1. The first-order chi connectivity index (χ1) is 12.7. The standard InChI is InChI=1S/C19H27N5O2/c1-23-18(17(13-21-23)15-7-3-2-4-8-15)22-19(26)20-10-12-24-11-6-5-9-16(24)14-25/h2-4,7-8,13,16,25H,5-6,9-12,14H2,1H3,(H2,20,22,26)/t16-/m1/s1. The lowest BCUT2D eigenvalue weighted by Crippen LogP contribution is -2.46. The Morgan fingerprint density at radius 3 is 2.88 bits per heavy atom. The van der Waals surface area contributed by atoms with Crippen LogP contribution < -0.4 is 10.6 Å². The van der Waals surface area contributed by atoms with Gasteiger partial charge in [-0.3, -0.25) is 14.9 Å². The lowest BCUT2D eigenvalue weighted by Gasteiger charge is -2.34. The van der Waals surface area contributed by atoms with Crippen molar-refractivity contribution in [1.29, 1.82) is 0 Å². The number of amides is 2. The fourth-order valence-corrected chi connectivity index (χ4v) is 3.44. The monoisotopic (exact) mass is 357 g/mol. The molecule has 2 aromatic rings. The summed E-state index contributed by atoms with van der Waals surface area (Å²) in [5.74, 6) is 0.667. The second kappa shape index (κ2) is 8.82. The largest absolute Gasteiger partial charge is 0.395 e. The number of aliphatic hydroxyl groups excluding tert-OH is 1. The molecular formula is C19H27N5O2. The van der Waals surface area contributed by atoms with E-state index in [1.54, 1.807) is 10.9 Å². The van der Waals surface area contributed by atoms with E-state index in [2.05, 4.69) is 20.6 Å². The second-order valence-corrected chi connectivity index (χ2v) is 6.65. The molecule has 0 aliphatic carbocycles. The molecule has 1 atom stereocenters. The summed E-state index contributed by atoms with van der Waals surface area (Å²) in [5.41, 5.74) is 1.90. The summed E-state index contributed by atoms with van der Waals surface area (Å²) < 4.78 is 1.66. The highest BCUT2D eigenvalue weighted by molar-refractivity contribution is 5.93. The average Bonchev–Trinajstić information content (AvgIpc) is 3.03. The molecule has 26 heavy (non-hydrogen) atoms. The summed E-state index contributed by atoms with van der Waals surface area (Å²) in [7, 11) is 1.81. The van der Waals surface area contributed by atoms with Gasteiger partial charge in [-0.05, 0) is 24.9 Å². The lowest BCUT2D eigenvalue weighted by atomic mass is 10.0. The lowest BCUT2D eigenvalue weighted by molar-refractivity contribution is 0.0917. The predicted molar refractivity (Wildman–Crippen MR) is 102 cm³/mol. The Balaban J connectivity index is 1.55. The van der Waals surface area contributed by atoms with Crippen molar-refractivity contribution in [3.8, 4) is 11.1 Å². The summed E-state index contributed by atoms with van der Waals surface area (Å²) in [6, 6.07) is 9.83. The molecule has 1 aliphatic rings. The zero-order valence-corrected chi connectivity index (χ0v) is 15.2. The van der Waals surface area contributed by atoms with Crippen LogP contribution in [0.4, 0.5) is 10.6 Å². The third-order valence-corrected chi connectivity index (χ3v) is 4.90. The summed E-state index contributed by atoms with van der Waals surface area (Å²) in [4.78, 5) is 14.6. The van der Waals surface area contributed by atoms with Crippen molar-refractivity contribution in [1.82, 2.24) is 20.0 Å². The Bertz CT molecular complexity index is 716. The molecule has 2 amide bonds. The molecule has 3 rings (SSSR count). The number of carbonyl (C=O) groups is 1. The highest BCUT2D eigenvalue weighted by atomic mass is 16.3. The summed E-state index contributed by atoms with van der Waals surface area (Å²) in [6.45, 7) is 2.45. The molecule has 1 saturated heterocycles. The summed E-state index contributed by atoms with van der Waals surface area (Å²) in [5, 5.41) is 19.5. The third-order valence-electron chi connectivity index (χ3n) is 4.90. The number of anilines is 1. The number of aryl methyl sites for hydroxylation is 1. The van der Waals surface area contributed by atoms with E-state index in [1.165, 1.54) is 6.42 Å². The van der Waals surface area contributed by atoms with Crippen LogP contribution in [0.15, 0.2) is 36.5 Å². The van der Waals surface area contributed by atoms with Crippen LogP contribution in [0.1, 0.15) is 19.3 Å². The SMILES string of the molecule is Cn1ncc(-c2ccccc2)c1NC(=O)NCCN1CCCC[C@@H]1CO. The van der Waals surface area contributed by atoms with Crippen LogP contribution in [0.25, 0.3) is 11.1 Å². The number of piperidine rings is 1. The number of rotatable bonds is 6. The van der Waals surface area contributed by atoms with Gasteiger partial charge in [0.1, 0.15) is 5.82 Å². The molecule has 0 spiro atoms. The van der Waals surface area contributed by atoms with Crippen LogP contribution in [0.2, 0.25) is 0 Å². The smallest absolute Gasteiger partial charge is 0.320 e. The van der Waals surface area contributed by atoms with Crippen LogP contribution in [-0.4, -0.2) is 58.1 Å². The van der Waals surface area contributed by atoms with Gasteiger partial charge >= 0.3 is 6.03 Å². The fraction of sp³-hybridized carbons (Fsp3) is 0.474. The summed E-state index contributed by atoms with van der Waals surface area (Å²) >= 11 is 0. The minimum absolute atomic E-state index is 0.182. The van der Waals surface area contributed by atoms with Gasteiger partial charge in [0.05, 0.1) is 12.8 Å². The molecule has 140 valence electrons. The first kappa shape index (κ1) is 18.4. The molecule has 1 aliphatic heterocycles. The number of aromatic nitrogens is 2. The molecule has 7 nitrogen and oxygen atoms in total. The van der Waals surface area contributed by atoms with Gasteiger partial charge in [0, 0.05) is 31.7 Å². The number of nitrogens with one attached hydrogen (secondary N) is 2. The molecule has 0 unspecified atom stereocenters. The summed E-state index contributed by atoms with van der Waals surface area (Å²) in [6.07, 6.45) is 5.10. The Morgan fingerprint density at radius 2 is 2.12 bits per heavy atom. The molecule has 0 saturated carbocycles. The fourth-order valence-electron chi connectivity index (χ4n) is 3.44. The Hall–Kier alpha value is -2.38. The molecule has 0 bridgehead atoms. The normalized spacial score (nSPS) is 17.8. The van der Waals surface area contributed by atoms with Crippen LogP contribution in [-0.2, 0) is 7.05 Å². The Kier molecular flexibility index (Phi) is 6.25. The number of likely N-dealkylation sites (tertiary alicyclic amines) is 1. The quantitative estimate of drug-likeness (QED) is 0.739. The van der Waals surface area contributed by atoms with Gasteiger partial charge in [-0.1, -0.05) is 36.8 Å². The minimum Gasteiger partial charge on any atom is -0.395 e. The van der Waals surface area contributed by atoms with Crippen LogP contribution in [0.5, 0.6) is 0 Å². The van der Waals surface area contributed by atoms with E-state index in [-0.39, 0.29) is 18.7 Å². The molecule has 2 heterocycles. The first-order valence-electron chi connectivity index (χ1n) is 9.16. The van der Waals surface area contributed by atoms with E-state index < -0.39 is 0 Å².